The van der Waals surface area contributed by atoms with Crippen molar-refractivity contribution in [3.8, 4) is 0 Å². The Balaban J connectivity index is 2.36. The molecule has 0 radical (unpaired) electrons. The molecule has 0 aromatic carbocycles. The largest absolute Gasteiger partial charge is 0.351 e. The van der Waals surface area contributed by atoms with Crippen molar-refractivity contribution in [2.45, 2.75) is 45.7 Å². The first-order valence-corrected chi connectivity index (χ1v) is 6.25. The van der Waals surface area contributed by atoms with Crippen molar-refractivity contribution in [2.75, 3.05) is 13.1 Å². The molecule has 1 fully saturated rings. The van der Waals surface area contributed by atoms with Crippen molar-refractivity contribution >= 4 is 11.8 Å². The average Bonchev–Trinajstić information content (AvgIpc) is 2.62. The Bertz CT molecular complexity index is 291. The number of rotatable bonds is 5. The zero-order valence-corrected chi connectivity index (χ0v) is 10.9. The highest BCUT2D eigenvalue weighted by atomic mass is 16.2. The van der Waals surface area contributed by atoms with Crippen LogP contribution in [0.25, 0.3) is 0 Å². The zero-order valence-electron chi connectivity index (χ0n) is 10.9. The van der Waals surface area contributed by atoms with E-state index in [0.29, 0.717) is 13.0 Å². The lowest BCUT2D eigenvalue weighted by molar-refractivity contribution is -0.129. The van der Waals surface area contributed by atoms with E-state index < -0.39 is 6.04 Å². The minimum Gasteiger partial charge on any atom is -0.351 e. The zero-order chi connectivity index (χ0) is 13.0. The van der Waals surface area contributed by atoms with Gasteiger partial charge in [0.15, 0.2) is 0 Å². The van der Waals surface area contributed by atoms with Gasteiger partial charge in [0.1, 0.15) is 0 Å². The van der Waals surface area contributed by atoms with Crippen molar-refractivity contribution in [2.24, 2.45) is 11.7 Å². The fourth-order valence-electron chi connectivity index (χ4n) is 1.92. The van der Waals surface area contributed by atoms with Gasteiger partial charge in [0.2, 0.25) is 11.8 Å². The van der Waals surface area contributed by atoms with E-state index in [1.807, 2.05) is 20.8 Å². The van der Waals surface area contributed by atoms with E-state index >= 15 is 0 Å². The molecule has 1 saturated heterocycles. The van der Waals surface area contributed by atoms with Crippen molar-refractivity contribution in [1.82, 2.24) is 10.2 Å². The highest BCUT2D eigenvalue weighted by Crippen LogP contribution is 2.09. The Morgan fingerprint density at radius 3 is 2.59 bits per heavy atom. The molecular formula is C12H23N3O2. The van der Waals surface area contributed by atoms with Gasteiger partial charge in [-0.25, -0.2) is 0 Å². The molecule has 1 aliphatic rings. The van der Waals surface area contributed by atoms with Crippen LogP contribution in [0.4, 0.5) is 0 Å². The molecular weight excluding hydrogens is 218 g/mol. The normalized spacial score (nSPS) is 19.6. The average molecular weight is 241 g/mol. The quantitative estimate of drug-likeness (QED) is 0.716. The first-order chi connectivity index (χ1) is 7.91. The second kappa shape index (κ2) is 6.00. The molecule has 0 bridgehead atoms. The number of carbonyl (C=O) groups excluding carboxylic acids is 2. The second-order valence-electron chi connectivity index (χ2n) is 5.12. The number of likely N-dealkylation sites (tertiary alicyclic amines) is 1. The van der Waals surface area contributed by atoms with Gasteiger partial charge in [-0.05, 0) is 19.3 Å². The highest BCUT2D eigenvalue weighted by molar-refractivity contribution is 5.82. The van der Waals surface area contributed by atoms with E-state index in [9.17, 15) is 9.59 Å². The van der Waals surface area contributed by atoms with Gasteiger partial charge in [-0.15, -0.1) is 0 Å². The van der Waals surface area contributed by atoms with Crippen LogP contribution in [0.5, 0.6) is 0 Å². The Kier molecular flexibility index (Phi) is 4.93. The molecule has 0 aliphatic carbocycles. The summed E-state index contributed by atoms with van der Waals surface area (Å²) >= 11 is 0. The summed E-state index contributed by atoms with van der Waals surface area (Å²) in [5.74, 6) is 0.161. The maximum Gasteiger partial charge on any atom is 0.237 e. The van der Waals surface area contributed by atoms with Crippen LogP contribution in [-0.4, -0.2) is 41.9 Å². The third-order valence-electron chi connectivity index (χ3n) is 3.08. The predicted molar refractivity (Wildman–Crippen MR) is 66.2 cm³/mol. The first-order valence-electron chi connectivity index (χ1n) is 6.25. The molecule has 1 heterocycles. The Morgan fingerprint density at radius 2 is 2.12 bits per heavy atom. The fraction of sp³-hybridized carbons (Fsp3) is 0.833. The van der Waals surface area contributed by atoms with Crippen LogP contribution in [-0.2, 0) is 9.59 Å². The molecule has 1 rings (SSSR count). The summed E-state index contributed by atoms with van der Waals surface area (Å²) < 4.78 is 0. The summed E-state index contributed by atoms with van der Waals surface area (Å²) in [5.41, 5.74) is 5.75. The van der Waals surface area contributed by atoms with Crippen LogP contribution in [0.3, 0.4) is 0 Å². The van der Waals surface area contributed by atoms with Crippen LogP contribution in [0.2, 0.25) is 0 Å². The molecule has 1 unspecified atom stereocenters. The SMILES string of the molecule is CC(CN1CCCC1=O)NC(=O)[C@@H](N)C(C)C. The van der Waals surface area contributed by atoms with Crippen LogP contribution >= 0.6 is 0 Å². The monoisotopic (exact) mass is 241 g/mol. The fourth-order valence-corrected chi connectivity index (χ4v) is 1.92. The van der Waals surface area contributed by atoms with Gasteiger partial charge in [-0.3, -0.25) is 9.59 Å². The lowest BCUT2D eigenvalue weighted by Gasteiger charge is -2.24. The Morgan fingerprint density at radius 1 is 1.47 bits per heavy atom. The van der Waals surface area contributed by atoms with E-state index in [0.717, 1.165) is 13.0 Å². The van der Waals surface area contributed by atoms with E-state index in [4.69, 9.17) is 5.73 Å². The minimum atomic E-state index is -0.480. The smallest absolute Gasteiger partial charge is 0.237 e. The van der Waals surface area contributed by atoms with Gasteiger partial charge in [-0.1, -0.05) is 13.8 Å². The van der Waals surface area contributed by atoms with Crippen LogP contribution < -0.4 is 11.1 Å². The molecule has 5 heteroatoms. The van der Waals surface area contributed by atoms with E-state index in [1.54, 1.807) is 4.90 Å². The number of amides is 2. The van der Waals surface area contributed by atoms with Gasteiger partial charge in [0.05, 0.1) is 6.04 Å². The molecule has 1 aliphatic heterocycles. The highest BCUT2D eigenvalue weighted by Gasteiger charge is 2.24. The van der Waals surface area contributed by atoms with Crippen LogP contribution in [0.15, 0.2) is 0 Å². The molecule has 3 N–H and O–H groups in total. The number of carbonyl (C=O) groups is 2. The van der Waals surface area contributed by atoms with Crippen molar-refractivity contribution < 1.29 is 9.59 Å². The molecule has 0 saturated carbocycles. The third-order valence-corrected chi connectivity index (χ3v) is 3.08. The maximum absolute atomic E-state index is 11.7. The summed E-state index contributed by atoms with van der Waals surface area (Å²) in [6, 6.07) is -0.527. The minimum absolute atomic E-state index is 0.0469. The number of nitrogens with one attached hydrogen (secondary N) is 1. The molecule has 0 aromatic heterocycles. The standard InChI is InChI=1S/C12H23N3O2/c1-8(2)11(13)12(17)14-9(3)7-15-6-4-5-10(15)16/h8-9,11H,4-7,13H2,1-3H3,(H,14,17)/t9?,11-/m0/s1. The van der Waals surface area contributed by atoms with Gasteiger partial charge in [-0.2, -0.15) is 0 Å². The number of nitrogens with two attached hydrogens (primary N) is 1. The number of hydrogen-bond donors (Lipinski definition) is 2. The summed E-state index contributed by atoms with van der Waals surface area (Å²) in [5, 5.41) is 2.85. The number of hydrogen-bond acceptors (Lipinski definition) is 3. The van der Waals surface area contributed by atoms with Crippen molar-refractivity contribution in [3.63, 3.8) is 0 Å². The molecule has 0 aromatic rings. The first kappa shape index (κ1) is 14.0. The molecule has 5 nitrogen and oxygen atoms in total. The molecule has 17 heavy (non-hydrogen) atoms. The molecule has 0 spiro atoms. The van der Waals surface area contributed by atoms with Gasteiger partial charge in [0, 0.05) is 25.6 Å². The lowest BCUT2D eigenvalue weighted by Crippen LogP contribution is -2.50. The summed E-state index contributed by atoms with van der Waals surface area (Å²) in [7, 11) is 0. The van der Waals surface area contributed by atoms with E-state index in [1.165, 1.54) is 0 Å². The van der Waals surface area contributed by atoms with Gasteiger partial charge >= 0.3 is 0 Å². The van der Waals surface area contributed by atoms with Gasteiger partial charge < -0.3 is 16.0 Å². The van der Waals surface area contributed by atoms with Gasteiger partial charge in [0.25, 0.3) is 0 Å². The topological polar surface area (TPSA) is 75.4 Å². The summed E-state index contributed by atoms with van der Waals surface area (Å²) in [6.45, 7) is 7.11. The summed E-state index contributed by atoms with van der Waals surface area (Å²) in [4.78, 5) is 24.9. The molecule has 98 valence electrons. The summed E-state index contributed by atoms with van der Waals surface area (Å²) in [6.07, 6.45) is 1.55. The second-order valence-corrected chi connectivity index (χ2v) is 5.12. The Labute approximate surface area is 103 Å². The lowest BCUT2D eigenvalue weighted by atomic mass is 10.0. The van der Waals surface area contributed by atoms with Crippen molar-refractivity contribution in [3.05, 3.63) is 0 Å². The van der Waals surface area contributed by atoms with E-state index in [-0.39, 0.29) is 23.8 Å². The van der Waals surface area contributed by atoms with Crippen molar-refractivity contribution in [1.29, 1.82) is 0 Å². The van der Waals surface area contributed by atoms with Crippen LogP contribution in [0.1, 0.15) is 33.6 Å². The third kappa shape index (κ3) is 4.00. The predicted octanol–water partition coefficient (Wildman–Crippen LogP) is 0.0968. The number of nitrogens with zero attached hydrogens (tertiary/aromatic N) is 1. The van der Waals surface area contributed by atoms with E-state index in [2.05, 4.69) is 5.32 Å². The molecule has 2 amide bonds. The maximum atomic E-state index is 11.7. The van der Waals surface area contributed by atoms with Crippen LogP contribution in [0, 0.1) is 5.92 Å². The Hall–Kier alpha value is -1.10. The molecule has 2 atom stereocenters.